The smallest absolute Gasteiger partial charge is 0.367 e. The van der Waals surface area contributed by atoms with Crippen LogP contribution in [0.15, 0.2) is 30.3 Å². The first-order valence-electron chi connectivity index (χ1n) is 7.44. The van der Waals surface area contributed by atoms with Crippen LogP contribution in [0.2, 0.25) is 0 Å². The molecule has 120 valence electrons. The molecule has 3 rings (SSSR count). The summed E-state index contributed by atoms with van der Waals surface area (Å²) in [6.07, 6.45) is 0.780. The van der Waals surface area contributed by atoms with Gasteiger partial charge in [0.1, 0.15) is 0 Å². The first-order chi connectivity index (χ1) is 11.2. The summed E-state index contributed by atoms with van der Waals surface area (Å²) in [6, 6.07) is 9.86. The van der Waals surface area contributed by atoms with Crippen LogP contribution >= 0.6 is 23.6 Å². The molecule has 0 saturated carbocycles. The minimum absolute atomic E-state index is 0.344. The Morgan fingerprint density at radius 1 is 1.43 bits per heavy atom. The topological polar surface area (TPSA) is 54.5 Å². The Bertz CT molecular complexity index is 715. The van der Waals surface area contributed by atoms with Crippen molar-refractivity contribution in [2.75, 3.05) is 18.5 Å². The van der Waals surface area contributed by atoms with Crippen LogP contribution in [0.25, 0.3) is 0 Å². The molecule has 1 aromatic carbocycles. The second kappa shape index (κ2) is 7.06. The van der Waals surface area contributed by atoms with Crippen molar-refractivity contribution >= 4 is 40.3 Å². The Kier molecular flexibility index (Phi) is 4.88. The molecule has 2 aromatic rings. The molecule has 0 spiro atoms. The van der Waals surface area contributed by atoms with Crippen LogP contribution in [0, 0.1) is 0 Å². The molecule has 0 amide bonds. The maximum Gasteiger partial charge on any atom is 0.367 e. The molecule has 0 atom stereocenters. The molecule has 2 heterocycles. The number of thiazole rings is 1. The van der Waals surface area contributed by atoms with Crippen LogP contribution in [-0.4, -0.2) is 34.1 Å². The van der Waals surface area contributed by atoms with E-state index in [9.17, 15) is 4.79 Å². The molecule has 0 radical (unpaired) electrons. The number of carbonyl (C=O) groups is 1. The number of aromatic nitrogens is 1. The molecular weight excluding hydrogens is 330 g/mol. The van der Waals surface area contributed by atoms with Gasteiger partial charge in [0, 0.05) is 23.5 Å². The minimum Gasteiger partial charge on any atom is -0.461 e. The number of hydrogen-bond acceptors (Lipinski definition) is 5. The highest BCUT2D eigenvalue weighted by atomic mass is 32.1. The Balaban J connectivity index is 1.67. The van der Waals surface area contributed by atoms with Gasteiger partial charge >= 0.3 is 5.97 Å². The molecule has 1 N–H and O–H groups in total. The normalized spacial score (nSPS) is 13.3. The lowest BCUT2D eigenvalue weighted by atomic mass is 10.2. The highest BCUT2D eigenvalue weighted by Crippen LogP contribution is 2.26. The van der Waals surface area contributed by atoms with Crippen molar-refractivity contribution in [2.45, 2.75) is 19.9 Å². The lowest BCUT2D eigenvalue weighted by molar-refractivity contribution is 0.0525. The molecule has 0 bridgehead atoms. The fraction of sp³-hybridized carbons (Fsp3) is 0.312. The summed E-state index contributed by atoms with van der Waals surface area (Å²) in [5, 5.41) is 4.36. The van der Waals surface area contributed by atoms with Crippen molar-refractivity contribution < 1.29 is 9.53 Å². The van der Waals surface area contributed by atoms with Gasteiger partial charge in [0.15, 0.2) is 5.11 Å². The number of rotatable bonds is 3. The van der Waals surface area contributed by atoms with E-state index in [1.54, 1.807) is 6.92 Å². The van der Waals surface area contributed by atoms with Crippen molar-refractivity contribution in [1.82, 2.24) is 9.88 Å². The number of para-hydroxylation sites is 1. The fourth-order valence-corrected chi connectivity index (χ4v) is 3.66. The second-order valence-corrected chi connectivity index (χ2v) is 6.55. The quantitative estimate of drug-likeness (QED) is 0.680. The zero-order valence-corrected chi connectivity index (χ0v) is 14.4. The second-order valence-electron chi connectivity index (χ2n) is 5.08. The van der Waals surface area contributed by atoms with Crippen LogP contribution in [0.1, 0.15) is 27.3 Å². The maximum absolute atomic E-state index is 11.8. The molecule has 5 nitrogen and oxygen atoms in total. The number of fused-ring (bicyclic) bond motifs is 1. The minimum atomic E-state index is -0.344. The SMILES string of the molecule is CCOC(=O)c1nc2c(s1)CN(C(=S)Nc1ccccc1)CC2. The highest BCUT2D eigenvalue weighted by Gasteiger charge is 2.24. The van der Waals surface area contributed by atoms with Crippen LogP contribution in [0.5, 0.6) is 0 Å². The summed E-state index contributed by atoms with van der Waals surface area (Å²) in [4.78, 5) is 19.4. The monoisotopic (exact) mass is 347 g/mol. The van der Waals surface area contributed by atoms with Crippen molar-refractivity contribution in [1.29, 1.82) is 0 Å². The summed E-state index contributed by atoms with van der Waals surface area (Å²) < 4.78 is 5.02. The summed E-state index contributed by atoms with van der Waals surface area (Å²) in [5.41, 5.74) is 1.96. The summed E-state index contributed by atoms with van der Waals surface area (Å²) in [7, 11) is 0. The number of thiocarbonyl (C=S) groups is 1. The Hall–Kier alpha value is -1.99. The predicted octanol–water partition coefficient (Wildman–Crippen LogP) is 3.07. The van der Waals surface area contributed by atoms with E-state index < -0.39 is 0 Å². The molecule has 23 heavy (non-hydrogen) atoms. The Morgan fingerprint density at radius 3 is 2.96 bits per heavy atom. The number of esters is 1. The van der Waals surface area contributed by atoms with Gasteiger partial charge in [-0.2, -0.15) is 0 Å². The van der Waals surface area contributed by atoms with E-state index in [0.29, 0.717) is 23.3 Å². The van der Waals surface area contributed by atoms with E-state index in [0.717, 1.165) is 29.2 Å². The van der Waals surface area contributed by atoms with Gasteiger partial charge in [0.25, 0.3) is 0 Å². The van der Waals surface area contributed by atoms with Gasteiger partial charge in [0.05, 0.1) is 18.8 Å². The number of carbonyl (C=O) groups excluding carboxylic acids is 1. The molecule has 1 aliphatic rings. The number of benzene rings is 1. The van der Waals surface area contributed by atoms with Crippen molar-refractivity contribution in [2.24, 2.45) is 0 Å². The van der Waals surface area contributed by atoms with E-state index >= 15 is 0 Å². The molecule has 0 unspecified atom stereocenters. The third-order valence-corrected chi connectivity index (χ3v) is 4.92. The van der Waals surface area contributed by atoms with Crippen molar-refractivity contribution in [3.8, 4) is 0 Å². The molecule has 1 aliphatic heterocycles. The van der Waals surface area contributed by atoms with E-state index in [1.165, 1.54) is 11.3 Å². The fourth-order valence-electron chi connectivity index (χ4n) is 2.37. The van der Waals surface area contributed by atoms with Gasteiger partial charge in [-0.3, -0.25) is 0 Å². The molecule has 0 saturated heterocycles. The third-order valence-electron chi connectivity index (χ3n) is 3.49. The standard InChI is InChI=1S/C16H17N3O2S2/c1-2-21-15(20)14-18-12-8-9-19(10-13(12)23-14)16(22)17-11-6-4-3-5-7-11/h3-7H,2,8-10H2,1H3,(H,17,22). The van der Waals surface area contributed by atoms with E-state index in [4.69, 9.17) is 17.0 Å². The van der Waals surface area contributed by atoms with Gasteiger partial charge in [0.2, 0.25) is 5.01 Å². The zero-order valence-electron chi connectivity index (χ0n) is 12.7. The Labute approximate surface area is 144 Å². The first kappa shape index (κ1) is 15.9. The van der Waals surface area contributed by atoms with Gasteiger partial charge in [-0.05, 0) is 31.3 Å². The van der Waals surface area contributed by atoms with Crippen molar-refractivity contribution in [3.63, 3.8) is 0 Å². The predicted molar refractivity (Wildman–Crippen MR) is 94.8 cm³/mol. The summed E-state index contributed by atoms with van der Waals surface area (Å²) in [5.74, 6) is -0.344. The van der Waals surface area contributed by atoms with Gasteiger partial charge in [-0.1, -0.05) is 18.2 Å². The molecule has 7 heteroatoms. The molecular formula is C16H17N3O2S2. The lowest BCUT2D eigenvalue weighted by Crippen LogP contribution is -2.38. The molecule has 0 fully saturated rings. The molecule has 0 aliphatic carbocycles. The van der Waals surface area contributed by atoms with Crippen LogP contribution < -0.4 is 5.32 Å². The lowest BCUT2D eigenvalue weighted by Gasteiger charge is -2.28. The number of nitrogens with one attached hydrogen (secondary N) is 1. The van der Waals surface area contributed by atoms with E-state index in [-0.39, 0.29) is 5.97 Å². The molecule has 1 aromatic heterocycles. The van der Waals surface area contributed by atoms with Crippen molar-refractivity contribution in [3.05, 3.63) is 45.9 Å². The first-order valence-corrected chi connectivity index (χ1v) is 8.66. The van der Waals surface area contributed by atoms with Gasteiger partial charge < -0.3 is 15.0 Å². The zero-order chi connectivity index (χ0) is 16.2. The third kappa shape index (κ3) is 3.68. The number of hydrogen-bond donors (Lipinski definition) is 1. The van der Waals surface area contributed by atoms with E-state index in [2.05, 4.69) is 15.2 Å². The van der Waals surface area contributed by atoms with Gasteiger partial charge in [-0.25, -0.2) is 9.78 Å². The number of anilines is 1. The maximum atomic E-state index is 11.8. The van der Waals surface area contributed by atoms with Crippen LogP contribution in [0.3, 0.4) is 0 Å². The highest BCUT2D eigenvalue weighted by molar-refractivity contribution is 7.80. The van der Waals surface area contributed by atoms with Gasteiger partial charge in [-0.15, -0.1) is 11.3 Å². The van der Waals surface area contributed by atoms with Crippen LogP contribution in [-0.2, 0) is 17.7 Å². The summed E-state index contributed by atoms with van der Waals surface area (Å²) >= 11 is 6.89. The number of ether oxygens (including phenoxy) is 1. The van der Waals surface area contributed by atoms with E-state index in [1.807, 2.05) is 30.3 Å². The largest absolute Gasteiger partial charge is 0.461 e. The number of nitrogens with zero attached hydrogens (tertiary/aromatic N) is 2. The Morgan fingerprint density at radius 2 is 2.22 bits per heavy atom. The average Bonchev–Trinajstić information content (AvgIpc) is 2.99. The summed E-state index contributed by atoms with van der Waals surface area (Å²) in [6.45, 7) is 3.61. The van der Waals surface area contributed by atoms with Crippen LogP contribution in [0.4, 0.5) is 5.69 Å². The average molecular weight is 347 g/mol.